The molecule has 0 heterocycles. The van der Waals surface area contributed by atoms with Gasteiger partial charge in [0, 0.05) is 11.9 Å². The van der Waals surface area contributed by atoms with Crippen LogP contribution in [-0.2, 0) is 0 Å². The van der Waals surface area contributed by atoms with Gasteiger partial charge in [-0.3, -0.25) is 0 Å². The quantitative estimate of drug-likeness (QED) is 0.784. The van der Waals surface area contributed by atoms with Crippen molar-refractivity contribution in [2.24, 2.45) is 5.73 Å². The van der Waals surface area contributed by atoms with E-state index in [1.807, 2.05) is 24.3 Å². The highest BCUT2D eigenvalue weighted by Crippen LogP contribution is 2.25. The molecule has 2 rings (SSSR count). The Hall–Kier alpha value is -1.58. The molecule has 0 spiro atoms. The van der Waals surface area contributed by atoms with Crippen molar-refractivity contribution in [1.82, 2.24) is 0 Å². The first kappa shape index (κ1) is 13.8. The smallest absolute Gasteiger partial charge is 0.127 e. The molecule has 0 aliphatic heterocycles. The topological polar surface area (TPSA) is 55.5 Å². The van der Waals surface area contributed by atoms with Crippen LogP contribution in [0.5, 0.6) is 5.75 Å². The molecule has 3 heteroatoms. The van der Waals surface area contributed by atoms with Gasteiger partial charge >= 0.3 is 0 Å². The van der Waals surface area contributed by atoms with Gasteiger partial charge in [-0.05, 0) is 31.2 Å². The molecule has 0 saturated carbocycles. The van der Waals surface area contributed by atoms with E-state index in [9.17, 15) is 5.11 Å². The average molecular weight is 259 g/mol. The summed E-state index contributed by atoms with van der Waals surface area (Å²) in [6.45, 7) is 2.62. The molecule has 0 aliphatic carbocycles. The standard InChI is InChI=1S/C16H21NO2/c1-16(18,12-17)10-5-11-19-15-9-4-7-13-6-2-3-8-14(13)15/h2-4,6-9,18H,5,10-12,17H2,1H3. The zero-order valence-electron chi connectivity index (χ0n) is 11.3. The molecule has 3 nitrogen and oxygen atoms in total. The lowest BCUT2D eigenvalue weighted by atomic mass is 10.0. The van der Waals surface area contributed by atoms with Crippen molar-refractivity contribution in [3.63, 3.8) is 0 Å². The van der Waals surface area contributed by atoms with Crippen LogP contribution in [0.3, 0.4) is 0 Å². The van der Waals surface area contributed by atoms with Crippen LogP contribution in [0.25, 0.3) is 10.8 Å². The zero-order chi connectivity index (χ0) is 13.7. The highest BCUT2D eigenvalue weighted by Gasteiger charge is 2.17. The number of ether oxygens (including phenoxy) is 1. The zero-order valence-corrected chi connectivity index (χ0v) is 11.3. The van der Waals surface area contributed by atoms with Crippen molar-refractivity contribution in [2.75, 3.05) is 13.2 Å². The number of benzene rings is 2. The van der Waals surface area contributed by atoms with E-state index in [-0.39, 0.29) is 6.54 Å². The van der Waals surface area contributed by atoms with Crippen molar-refractivity contribution >= 4 is 10.8 Å². The highest BCUT2D eigenvalue weighted by molar-refractivity contribution is 5.88. The molecule has 1 atom stereocenters. The fourth-order valence-corrected chi connectivity index (χ4v) is 2.06. The second-order valence-corrected chi connectivity index (χ2v) is 5.13. The third-order valence-corrected chi connectivity index (χ3v) is 3.31. The van der Waals surface area contributed by atoms with Gasteiger partial charge in [-0.1, -0.05) is 36.4 Å². The van der Waals surface area contributed by atoms with Gasteiger partial charge in [0.25, 0.3) is 0 Å². The molecular formula is C16H21NO2. The Morgan fingerprint density at radius 1 is 1.16 bits per heavy atom. The van der Waals surface area contributed by atoms with Gasteiger partial charge in [0.15, 0.2) is 0 Å². The highest BCUT2D eigenvalue weighted by atomic mass is 16.5. The van der Waals surface area contributed by atoms with E-state index < -0.39 is 5.60 Å². The molecule has 0 saturated heterocycles. The van der Waals surface area contributed by atoms with Gasteiger partial charge in [-0.15, -0.1) is 0 Å². The fourth-order valence-electron chi connectivity index (χ4n) is 2.06. The van der Waals surface area contributed by atoms with E-state index in [1.54, 1.807) is 6.92 Å². The second kappa shape index (κ2) is 6.04. The van der Waals surface area contributed by atoms with Crippen molar-refractivity contribution in [2.45, 2.75) is 25.4 Å². The predicted octanol–water partition coefficient (Wildman–Crippen LogP) is 2.71. The summed E-state index contributed by atoms with van der Waals surface area (Å²) in [4.78, 5) is 0. The lowest BCUT2D eigenvalue weighted by Crippen LogP contribution is -2.34. The van der Waals surface area contributed by atoms with E-state index in [2.05, 4.69) is 18.2 Å². The Bertz CT molecular complexity index is 532. The maximum atomic E-state index is 9.81. The van der Waals surface area contributed by atoms with Crippen LogP contribution >= 0.6 is 0 Å². The van der Waals surface area contributed by atoms with Gasteiger partial charge in [-0.25, -0.2) is 0 Å². The number of hydrogen-bond donors (Lipinski definition) is 2. The SMILES string of the molecule is CC(O)(CN)CCCOc1cccc2ccccc12. The summed E-state index contributed by atoms with van der Waals surface area (Å²) in [5.41, 5.74) is 4.69. The summed E-state index contributed by atoms with van der Waals surface area (Å²) >= 11 is 0. The van der Waals surface area contributed by atoms with Crippen LogP contribution < -0.4 is 10.5 Å². The van der Waals surface area contributed by atoms with Crippen molar-refractivity contribution in [3.05, 3.63) is 42.5 Å². The maximum absolute atomic E-state index is 9.81. The number of nitrogens with two attached hydrogens (primary N) is 1. The van der Waals surface area contributed by atoms with Gasteiger partial charge in [0.1, 0.15) is 5.75 Å². The van der Waals surface area contributed by atoms with Gasteiger partial charge in [0.05, 0.1) is 12.2 Å². The Labute approximate surface area is 114 Å². The molecular weight excluding hydrogens is 238 g/mol. The van der Waals surface area contributed by atoms with Crippen molar-refractivity contribution in [1.29, 1.82) is 0 Å². The summed E-state index contributed by atoms with van der Waals surface area (Å²) in [6, 6.07) is 14.2. The molecule has 3 N–H and O–H groups in total. The van der Waals surface area contributed by atoms with E-state index >= 15 is 0 Å². The molecule has 0 bridgehead atoms. The average Bonchev–Trinajstić information content (AvgIpc) is 2.44. The summed E-state index contributed by atoms with van der Waals surface area (Å²) in [5.74, 6) is 0.894. The summed E-state index contributed by atoms with van der Waals surface area (Å²) in [6.07, 6.45) is 1.43. The molecule has 102 valence electrons. The number of aliphatic hydroxyl groups is 1. The molecule has 0 fully saturated rings. The van der Waals surface area contributed by atoms with Crippen molar-refractivity contribution < 1.29 is 9.84 Å². The van der Waals surface area contributed by atoms with Crippen molar-refractivity contribution in [3.8, 4) is 5.75 Å². The number of rotatable bonds is 6. The largest absolute Gasteiger partial charge is 0.493 e. The minimum atomic E-state index is -0.790. The Morgan fingerprint density at radius 2 is 1.89 bits per heavy atom. The first-order chi connectivity index (χ1) is 9.12. The van der Waals surface area contributed by atoms with E-state index in [0.29, 0.717) is 13.0 Å². The molecule has 0 radical (unpaired) electrons. The van der Waals surface area contributed by atoms with Crippen LogP contribution in [0.4, 0.5) is 0 Å². The van der Waals surface area contributed by atoms with Gasteiger partial charge < -0.3 is 15.6 Å². The second-order valence-electron chi connectivity index (χ2n) is 5.13. The molecule has 2 aromatic rings. The lowest BCUT2D eigenvalue weighted by Gasteiger charge is -2.20. The van der Waals surface area contributed by atoms with E-state index in [1.165, 1.54) is 5.39 Å². The Kier molecular flexibility index (Phi) is 4.40. The third kappa shape index (κ3) is 3.69. The van der Waals surface area contributed by atoms with Gasteiger partial charge in [-0.2, -0.15) is 0 Å². The van der Waals surface area contributed by atoms with Crippen LogP contribution in [0.1, 0.15) is 19.8 Å². The number of hydrogen-bond acceptors (Lipinski definition) is 3. The summed E-state index contributed by atoms with van der Waals surface area (Å²) in [7, 11) is 0. The van der Waals surface area contributed by atoms with Crippen LogP contribution in [0.2, 0.25) is 0 Å². The molecule has 1 unspecified atom stereocenters. The fraction of sp³-hybridized carbons (Fsp3) is 0.375. The first-order valence-corrected chi connectivity index (χ1v) is 6.65. The Balaban J connectivity index is 1.95. The van der Waals surface area contributed by atoms with Crippen LogP contribution in [-0.4, -0.2) is 23.9 Å². The first-order valence-electron chi connectivity index (χ1n) is 6.65. The minimum absolute atomic E-state index is 0.279. The summed E-state index contributed by atoms with van der Waals surface area (Å²) in [5, 5.41) is 12.1. The number of fused-ring (bicyclic) bond motifs is 1. The predicted molar refractivity (Wildman–Crippen MR) is 78.4 cm³/mol. The summed E-state index contributed by atoms with van der Waals surface area (Å²) < 4.78 is 5.81. The maximum Gasteiger partial charge on any atom is 0.127 e. The van der Waals surface area contributed by atoms with Gasteiger partial charge in [0.2, 0.25) is 0 Å². The van der Waals surface area contributed by atoms with Crippen LogP contribution in [0, 0.1) is 0 Å². The molecule has 2 aromatic carbocycles. The monoisotopic (exact) mass is 259 g/mol. The minimum Gasteiger partial charge on any atom is -0.493 e. The van der Waals surface area contributed by atoms with E-state index in [4.69, 9.17) is 10.5 Å². The molecule has 0 aliphatic rings. The third-order valence-electron chi connectivity index (χ3n) is 3.31. The van der Waals surface area contributed by atoms with E-state index in [0.717, 1.165) is 17.6 Å². The molecule has 0 aromatic heterocycles. The molecule has 0 amide bonds. The Morgan fingerprint density at radius 3 is 2.68 bits per heavy atom. The molecule has 19 heavy (non-hydrogen) atoms. The normalized spacial score (nSPS) is 14.3. The lowest BCUT2D eigenvalue weighted by molar-refractivity contribution is 0.0536. The van der Waals surface area contributed by atoms with Crippen LogP contribution in [0.15, 0.2) is 42.5 Å².